The summed E-state index contributed by atoms with van der Waals surface area (Å²) in [6.45, 7) is 10.1. The molecule has 2 aromatic heterocycles. The van der Waals surface area contributed by atoms with Gasteiger partial charge in [-0.1, -0.05) is 13.0 Å². The minimum absolute atomic E-state index is 0.140. The number of ketones is 1. The van der Waals surface area contributed by atoms with Crippen LogP contribution in [0.4, 0.5) is 0 Å². The van der Waals surface area contributed by atoms with Gasteiger partial charge in [0.05, 0.1) is 6.54 Å². The van der Waals surface area contributed by atoms with Crippen LogP contribution in [0.5, 0.6) is 0 Å². The predicted octanol–water partition coefficient (Wildman–Crippen LogP) is 4.22. The highest BCUT2D eigenvalue weighted by molar-refractivity contribution is 7.09. The third-order valence-electron chi connectivity index (χ3n) is 6.07. The summed E-state index contributed by atoms with van der Waals surface area (Å²) in [6, 6.07) is 6.31. The number of hydrogen-bond donors (Lipinski definition) is 1. The van der Waals surface area contributed by atoms with Crippen LogP contribution in [0.15, 0.2) is 23.6 Å². The average Bonchev–Trinajstić information content (AvgIpc) is 3.33. The van der Waals surface area contributed by atoms with Gasteiger partial charge in [0.25, 0.3) is 0 Å². The van der Waals surface area contributed by atoms with E-state index in [0.29, 0.717) is 18.9 Å². The largest absolute Gasteiger partial charge is 0.356 e. The molecule has 1 N–H and O–H groups in total. The van der Waals surface area contributed by atoms with Gasteiger partial charge in [-0.15, -0.1) is 11.3 Å². The summed E-state index contributed by atoms with van der Waals surface area (Å²) in [5.41, 5.74) is 3.09. The Kier molecular flexibility index (Phi) is 8.28. The van der Waals surface area contributed by atoms with E-state index in [0.717, 1.165) is 68.8 Å². The molecule has 1 saturated heterocycles. The molecule has 30 heavy (non-hydrogen) atoms. The number of Topliss-reactive ketones (excluding diaryl/α,β-unsaturated/α-hetero) is 1. The minimum atomic E-state index is 0.140. The molecule has 1 aliphatic heterocycles. The quantitative estimate of drug-likeness (QED) is 0.575. The van der Waals surface area contributed by atoms with E-state index >= 15 is 0 Å². The fourth-order valence-corrected chi connectivity index (χ4v) is 5.13. The number of thiophene rings is 1. The van der Waals surface area contributed by atoms with Crippen LogP contribution in [0.2, 0.25) is 0 Å². The Bertz CT molecular complexity index is 841. The number of likely N-dealkylation sites (tertiary alicyclic amines) is 1. The first-order chi connectivity index (χ1) is 14.5. The van der Waals surface area contributed by atoms with Crippen molar-refractivity contribution in [2.24, 2.45) is 5.92 Å². The van der Waals surface area contributed by atoms with Gasteiger partial charge in [-0.3, -0.25) is 14.5 Å². The number of hydrogen-bond acceptors (Lipinski definition) is 4. The van der Waals surface area contributed by atoms with Crippen LogP contribution in [-0.4, -0.2) is 47.3 Å². The summed E-state index contributed by atoms with van der Waals surface area (Å²) in [5.74, 6) is 0.785. The molecule has 3 rings (SSSR count). The van der Waals surface area contributed by atoms with E-state index < -0.39 is 0 Å². The second-order valence-electron chi connectivity index (χ2n) is 8.49. The number of amides is 1. The molecule has 0 saturated carbocycles. The van der Waals surface area contributed by atoms with Crippen LogP contribution >= 0.6 is 11.3 Å². The maximum absolute atomic E-state index is 13.1. The van der Waals surface area contributed by atoms with Crippen molar-refractivity contribution >= 4 is 23.0 Å². The van der Waals surface area contributed by atoms with Crippen LogP contribution in [0.25, 0.3) is 0 Å². The first-order valence-electron chi connectivity index (χ1n) is 11.2. The van der Waals surface area contributed by atoms with Crippen molar-refractivity contribution in [1.29, 1.82) is 0 Å². The zero-order valence-electron chi connectivity index (χ0n) is 18.6. The maximum Gasteiger partial charge on any atom is 0.219 e. The van der Waals surface area contributed by atoms with Gasteiger partial charge in [-0.2, -0.15) is 0 Å². The van der Waals surface area contributed by atoms with Gasteiger partial charge in [0.1, 0.15) is 0 Å². The first kappa shape index (κ1) is 22.8. The van der Waals surface area contributed by atoms with E-state index in [1.54, 1.807) is 11.3 Å². The van der Waals surface area contributed by atoms with Crippen molar-refractivity contribution in [2.45, 2.75) is 59.4 Å². The Balaban J connectivity index is 1.55. The second-order valence-corrected chi connectivity index (χ2v) is 9.52. The number of aromatic nitrogens is 1. The number of nitrogens with one attached hydrogen (secondary N) is 1. The lowest BCUT2D eigenvalue weighted by molar-refractivity contribution is -0.121. The summed E-state index contributed by atoms with van der Waals surface area (Å²) in [7, 11) is 0. The molecule has 0 aromatic carbocycles. The number of piperidine rings is 1. The molecule has 5 nitrogen and oxygen atoms in total. The molecule has 1 unspecified atom stereocenters. The molecule has 6 heteroatoms. The van der Waals surface area contributed by atoms with Crippen molar-refractivity contribution in [3.63, 3.8) is 0 Å². The lowest BCUT2D eigenvalue weighted by Gasteiger charge is -2.32. The lowest BCUT2D eigenvalue weighted by Crippen LogP contribution is -2.42. The van der Waals surface area contributed by atoms with Gasteiger partial charge in [-0.05, 0) is 69.5 Å². The molecule has 1 atom stereocenters. The summed E-state index contributed by atoms with van der Waals surface area (Å²) in [5, 5.41) is 5.16. The minimum Gasteiger partial charge on any atom is -0.356 e. The molecule has 1 aliphatic rings. The Morgan fingerprint density at radius 2 is 2.13 bits per heavy atom. The summed E-state index contributed by atoms with van der Waals surface area (Å²) >= 11 is 1.79. The summed E-state index contributed by atoms with van der Waals surface area (Å²) < 4.78 is 2.27. The van der Waals surface area contributed by atoms with Crippen molar-refractivity contribution in [2.75, 3.05) is 26.2 Å². The molecule has 0 bridgehead atoms. The van der Waals surface area contributed by atoms with E-state index in [-0.39, 0.29) is 11.7 Å². The molecular weight excluding hydrogens is 394 g/mol. The Morgan fingerprint density at radius 3 is 2.87 bits per heavy atom. The normalized spacial score (nSPS) is 17.2. The number of rotatable bonds is 10. The lowest BCUT2D eigenvalue weighted by atomic mass is 9.97. The van der Waals surface area contributed by atoms with Crippen LogP contribution < -0.4 is 5.32 Å². The van der Waals surface area contributed by atoms with E-state index in [4.69, 9.17) is 0 Å². The van der Waals surface area contributed by atoms with Crippen LogP contribution in [-0.2, 0) is 17.8 Å². The fraction of sp³-hybridized carbons (Fsp3) is 0.583. The predicted molar refractivity (Wildman–Crippen MR) is 123 cm³/mol. The highest BCUT2D eigenvalue weighted by Gasteiger charge is 2.24. The van der Waals surface area contributed by atoms with Gasteiger partial charge in [0.2, 0.25) is 5.91 Å². The monoisotopic (exact) mass is 429 g/mol. The second kappa shape index (κ2) is 10.9. The zero-order valence-corrected chi connectivity index (χ0v) is 19.4. The average molecular weight is 430 g/mol. The van der Waals surface area contributed by atoms with Gasteiger partial charge < -0.3 is 9.88 Å². The maximum atomic E-state index is 13.1. The zero-order chi connectivity index (χ0) is 21.5. The third-order valence-corrected chi connectivity index (χ3v) is 7.01. The molecule has 0 spiro atoms. The Hall–Kier alpha value is -1.92. The molecule has 1 fully saturated rings. The topological polar surface area (TPSA) is 54.3 Å². The number of carbonyl (C=O) groups is 2. The molecule has 0 aliphatic carbocycles. The van der Waals surface area contributed by atoms with Crippen molar-refractivity contribution in [3.8, 4) is 0 Å². The number of nitrogens with zero attached hydrogens (tertiary/aromatic N) is 2. The SMILES string of the molecule is CCCC(=O)NCC1CCCN(CC(=O)c2cc(C)n(CCc3cccs3)c2C)C1. The standard InChI is InChI=1S/C24H35N3O2S/c1-4-7-24(29)25-15-20-8-5-11-26(16-20)17-23(28)22-14-18(2)27(19(22)3)12-10-21-9-6-13-30-21/h6,9,13-14,20H,4-5,7-8,10-12,15-17H2,1-3H3,(H,25,29). The fourth-order valence-electron chi connectivity index (χ4n) is 4.43. The first-order valence-corrected chi connectivity index (χ1v) is 12.1. The van der Waals surface area contributed by atoms with E-state index in [1.165, 1.54) is 4.88 Å². The highest BCUT2D eigenvalue weighted by Crippen LogP contribution is 2.20. The summed E-state index contributed by atoms with van der Waals surface area (Å²) in [4.78, 5) is 28.5. The van der Waals surface area contributed by atoms with Gasteiger partial charge in [-0.25, -0.2) is 0 Å². The third kappa shape index (κ3) is 6.05. The molecule has 164 valence electrons. The van der Waals surface area contributed by atoms with E-state index in [9.17, 15) is 9.59 Å². The van der Waals surface area contributed by atoms with Crippen LogP contribution in [0.1, 0.15) is 59.2 Å². The van der Waals surface area contributed by atoms with Gasteiger partial charge in [0, 0.05) is 47.9 Å². The molecule has 3 heterocycles. The van der Waals surface area contributed by atoms with Crippen molar-refractivity contribution in [1.82, 2.24) is 14.8 Å². The Labute approximate surface area is 184 Å². The van der Waals surface area contributed by atoms with Gasteiger partial charge >= 0.3 is 0 Å². The number of aryl methyl sites for hydroxylation is 2. The van der Waals surface area contributed by atoms with Gasteiger partial charge in [0.15, 0.2) is 5.78 Å². The van der Waals surface area contributed by atoms with Crippen LogP contribution in [0.3, 0.4) is 0 Å². The highest BCUT2D eigenvalue weighted by atomic mass is 32.1. The summed E-state index contributed by atoms with van der Waals surface area (Å²) in [6.07, 6.45) is 4.68. The molecule has 2 aromatic rings. The molecule has 0 radical (unpaired) electrons. The molecule has 1 amide bonds. The van der Waals surface area contributed by atoms with Crippen molar-refractivity contribution < 1.29 is 9.59 Å². The van der Waals surface area contributed by atoms with E-state index in [1.807, 2.05) is 6.92 Å². The van der Waals surface area contributed by atoms with Crippen molar-refractivity contribution in [3.05, 3.63) is 45.4 Å². The smallest absolute Gasteiger partial charge is 0.219 e. The Morgan fingerprint density at radius 1 is 1.30 bits per heavy atom. The van der Waals surface area contributed by atoms with E-state index in [2.05, 4.69) is 52.2 Å². The van der Waals surface area contributed by atoms with Crippen LogP contribution in [0, 0.1) is 19.8 Å². The molecular formula is C24H35N3O2S. The number of carbonyl (C=O) groups excluding carboxylic acids is 2.